The van der Waals surface area contributed by atoms with Crippen LogP contribution in [-0.2, 0) is 4.79 Å². The van der Waals surface area contributed by atoms with Crippen molar-refractivity contribution in [2.75, 3.05) is 13.1 Å². The van der Waals surface area contributed by atoms with Crippen LogP contribution in [0, 0.1) is 11.8 Å². The Balaban J connectivity index is 1.95. The van der Waals surface area contributed by atoms with Crippen molar-refractivity contribution in [2.45, 2.75) is 39.0 Å². The average Bonchev–Trinajstić information content (AvgIpc) is 2.25. The van der Waals surface area contributed by atoms with Gasteiger partial charge in [0.15, 0.2) is 0 Å². The second-order valence-electron chi connectivity index (χ2n) is 4.86. The van der Waals surface area contributed by atoms with Gasteiger partial charge >= 0.3 is 0 Å². The Labute approximate surface area is 96.3 Å². The third-order valence-corrected chi connectivity index (χ3v) is 3.94. The minimum atomic E-state index is 0.253. The summed E-state index contributed by atoms with van der Waals surface area (Å²) in [5.74, 6) is 0.856. The molecule has 1 atom stereocenters. The SMILES string of the molecule is CCC1CN(C(=O)C2CCC2)CCC1=NO. The number of hydrogen-bond acceptors (Lipinski definition) is 3. The van der Waals surface area contributed by atoms with Crippen molar-refractivity contribution in [3.8, 4) is 0 Å². The van der Waals surface area contributed by atoms with Gasteiger partial charge in [-0.3, -0.25) is 4.79 Å². The van der Waals surface area contributed by atoms with E-state index in [-0.39, 0.29) is 11.8 Å². The molecule has 2 aliphatic rings. The number of likely N-dealkylation sites (tertiary alicyclic amines) is 1. The van der Waals surface area contributed by atoms with Gasteiger partial charge in [-0.1, -0.05) is 18.5 Å². The van der Waals surface area contributed by atoms with Gasteiger partial charge < -0.3 is 10.1 Å². The molecule has 0 bridgehead atoms. The molecule has 1 aliphatic carbocycles. The Morgan fingerprint density at radius 3 is 2.81 bits per heavy atom. The fourth-order valence-corrected chi connectivity index (χ4v) is 2.53. The first-order valence-corrected chi connectivity index (χ1v) is 6.25. The fraction of sp³-hybridized carbons (Fsp3) is 0.833. The Bertz CT molecular complexity index is 297. The highest BCUT2D eigenvalue weighted by Crippen LogP contribution is 2.30. The van der Waals surface area contributed by atoms with E-state index in [1.807, 2.05) is 4.90 Å². The lowest BCUT2D eigenvalue weighted by Crippen LogP contribution is -2.47. The molecule has 1 aliphatic heterocycles. The monoisotopic (exact) mass is 224 g/mol. The Hall–Kier alpha value is -1.06. The highest BCUT2D eigenvalue weighted by Gasteiger charge is 2.33. The van der Waals surface area contributed by atoms with Gasteiger partial charge in [0.25, 0.3) is 0 Å². The van der Waals surface area contributed by atoms with Gasteiger partial charge in [-0.2, -0.15) is 0 Å². The third kappa shape index (κ3) is 2.06. The normalized spacial score (nSPS) is 29.2. The largest absolute Gasteiger partial charge is 0.411 e. The zero-order valence-corrected chi connectivity index (χ0v) is 9.85. The summed E-state index contributed by atoms with van der Waals surface area (Å²) in [7, 11) is 0. The molecule has 0 radical (unpaired) electrons. The van der Waals surface area contributed by atoms with Crippen LogP contribution in [0.25, 0.3) is 0 Å². The summed E-state index contributed by atoms with van der Waals surface area (Å²) in [5.41, 5.74) is 0.861. The minimum absolute atomic E-state index is 0.253. The predicted octanol–water partition coefficient (Wildman–Crippen LogP) is 1.88. The third-order valence-electron chi connectivity index (χ3n) is 3.94. The van der Waals surface area contributed by atoms with Crippen LogP contribution in [0.1, 0.15) is 39.0 Å². The van der Waals surface area contributed by atoms with E-state index in [2.05, 4.69) is 12.1 Å². The highest BCUT2D eigenvalue weighted by atomic mass is 16.4. The maximum Gasteiger partial charge on any atom is 0.225 e. The Morgan fingerprint density at radius 2 is 2.31 bits per heavy atom. The first kappa shape index (κ1) is 11.4. The molecule has 2 rings (SSSR count). The molecule has 0 spiro atoms. The van der Waals surface area contributed by atoms with Crippen molar-refractivity contribution >= 4 is 11.6 Å². The van der Waals surface area contributed by atoms with Gasteiger partial charge in [-0.15, -0.1) is 0 Å². The Morgan fingerprint density at radius 1 is 1.56 bits per heavy atom. The number of carbonyl (C=O) groups is 1. The topological polar surface area (TPSA) is 52.9 Å². The van der Waals surface area contributed by atoms with Crippen molar-refractivity contribution in [1.29, 1.82) is 0 Å². The zero-order valence-electron chi connectivity index (χ0n) is 9.85. The summed E-state index contributed by atoms with van der Waals surface area (Å²) < 4.78 is 0. The van der Waals surface area contributed by atoms with Crippen LogP contribution in [0.15, 0.2) is 5.16 Å². The molecule has 0 aromatic rings. The van der Waals surface area contributed by atoms with Crippen molar-refractivity contribution in [2.24, 2.45) is 17.0 Å². The van der Waals surface area contributed by atoms with Crippen molar-refractivity contribution in [3.63, 3.8) is 0 Å². The zero-order chi connectivity index (χ0) is 11.5. The maximum atomic E-state index is 12.1. The number of nitrogens with zero attached hydrogens (tertiary/aromatic N) is 2. The van der Waals surface area contributed by atoms with Crippen molar-refractivity contribution < 1.29 is 10.0 Å². The van der Waals surface area contributed by atoms with Crippen LogP contribution in [0.3, 0.4) is 0 Å². The lowest BCUT2D eigenvalue weighted by molar-refractivity contribution is -0.138. The van der Waals surface area contributed by atoms with Gasteiger partial charge in [0.1, 0.15) is 0 Å². The smallest absolute Gasteiger partial charge is 0.225 e. The minimum Gasteiger partial charge on any atom is -0.411 e. The first-order valence-electron chi connectivity index (χ1n) is 6.25. The molecule has 0 aromatic heterocycles. The molecule has 1 N–H and O–H groups in total. The molecule has 1 heterocycles. The van der Waals surface area contributed by atoms with Crippen LogP contribution in [0.2, 0.25) is 0 Å². The Kier molecular flexibility index (Phi) is 3.46. The molecule has 1 saturated carbocycles. The molecule has 4 nitrogen and oxygen atoms in total. The van der Waals surface area contributed by atoms with Gasteiger partial charge in [0.05, 0.1) is 5.71 Å². The molecule has 1 amide bonds. The van der Waals surface area contributed by atoms with Gasteiger partial charge in [-0.05, 0) is 19.3 Å². The van der Waals surface area contributed by atoms with Crippen LogP contribution in [0.5, 0.6) is 0 Å². The summed E-state index contributed by atoms with van der Waals surface area (Å²) in [4.78, 5) is 14.0. The highest BCUT2D eigenvalue weighted by molar-refractivity contribution is 5.89. The summed E-state index contributed by atoms with van der Waals surface area (Å²) in [6, 6.07) is 0. The molecular weight excluding hydrogens is 204 g/mol. The lowest BCUT2D eigenvalue weighted by Gasteiger charge is -2.37. The molecule has 16 heavy (non-hydrogen) atoms. The van der Waals surface area contributed by atoms with E-state index in [0.717, 1.165) is 44.5 Å². The molecule has 90 valence electrons. The van der Waals surface area contributed by atoms with Crippen LogP contribution < -0.4 is 0 Å². The first-order chi connectivity index (χ1) is 7.76. The van der Waals surface area contributed by atoms with E-state index in [1.165, 1.54) is 6.42 Å². The number of oxime groups is 1. The maximum absolute atomic E-state index is 12.1. The molecular formula is C12H20N2O2. The number of piperidine rings is 1. The molecule has 1 saturated heterocycles. The molecule has 1 unspecified atom stereocenters. The van der Waals surface area contributed by atoms with Gasteiger partial charge in [0.2, 0.25) is 5.91 Å². The van der Waals surface area contributed by atoms with E-state index in [1.54, 1.807) is 0 Å². The van der Waals surface area contributed by atoms with Crippen LogP contribution in [-0.4, -0.2) is 34.8 Å². The summed E-state index contributed by atoms with van der Waals surface area (Å²) in [5, 5.41) is 12.2. The van der Waals surface area contributed by atoms with E-state index in [0.29, 0.717) is 5.91 Å². The molecule has 2 fully saturated rings. The van der Waals surface area contributed by atoms with E-state index >= 15 is 0 Å². The molecule has 4 heteroatoms. The van der Waals surface area contributed by atoms with Gasteiger partial charge in [0, 0.05) is 31.3 Å². The standard InChI is InChI=1S/C12H20N2O2/c1-2-9-8-14(7-6-11(9)13-16)12(15)10-4-3-5-10/h9-10,16H,2-8H2,1H3. The summed E-state index contributed by atoms with van der Waals surface area (Å²) >= 11 is 0. The number of amides is 1. The fourth-order valence-electron chi connectivity index (χ4n) is 2.53. The van der Waals surface area contributed by atoms with Crippen LogP contribution >= 0.6 is 0 Å². The second kappa shape index (κ2) is 4.85. The summed E-state index contributed by atoms with van der Waals surface area (Å²) in [6.45, 7) is 3.55. The van der Waals surface area contributed by atoms with E-state index < -0.39 is 0 Å². The van der Waals surface area contributed by atoms with E-state index in [9.17, 15) is 4.79 Å². The number of hydrogen-bond donors (Lipinski definition) is 1. The summed E-state index contributed by atoms with van der Waals surface area (Å²) in [6.07, 6.45) is 4.99. The lowest BCUT2D eigenvalue weighted by atomic mass is 9.83. The second-order valence-corrected chi connectivity index (χ2v) is 4.86. The molecule has 0 aromatic carbocycles. The quantitative estimate of drug-likeness (QED) is 0.575. The van der Waals surface area contributed by atoms with Crippen LogP contribution in [0.4, 0.5) is 0 Å². The number of carbonyl (C=O) groups excluding carboxylic acids is 1. The van der Waals surface area contributed by atoms with Crippen molar-refractivity contribution in [3.05, 3.63) is 0 Å². The average molecular weight is 224 g/mol. The van der Waals surface area contributed by atoms with Gasteiger partial charge in [-0.25, -0.2) is 0 Å². The van der Waals surface area contributed by atoms with E-state index in [4.69, 9.17) is 5.21 Å². The predicted molar refractivity (Wildman–Crippen MR) is 61.5 cm³/mol. The van der Waals surface area contributed by atoms with Crippen molar-refractivity contribution in [1.82, 2.24) is 4.90 Å². The number of rotatable bonds is 2.